The lowest BCUT2D eigenvalue weighted by molar-refractivity contribution is -0.440. The molecule has 2 rings (SSSR count). The molecule has 6 nitrogen and oxygen atoms in total. The molecule has 0 aromatic heterocycles. The van der Waals surface area contributed by atoms with Gasteiger partial charge in [0.25, 0.3) is 0 Å². The number of carbonyl (C=O) groups is 2. The minimum Gasteiger partial charge on any atom is -0.465 e. The maximum atomic E-state index is 14.5. The van der Waals surface area contributed by atoms with Gasteiger partial charge in [0.05, 0.1) is 13.1 Å². The van der Waals surface area contributed by atoms with Gasteiger partial charge in [-0.1, -0.05) is 0 Å². The van der Waals surface area contributed by atoms with Crippen molar-refractivity contribution in [3.05, 3.63) is 0 Å². The van der Waals surface area contributed by atoms with Crippen molar-refractivity contribution >= 4 is 12.2 Å². The highest BCUT2D eigenvalue weighted by Gasteiger charge is 2.92. The molecule has 2 fully saturated rings. The van der Waals surface area contributed by atoms with Gasteiger partial charge in [0.1, 0.15) is 0 Å². The van der Waals surface area contributed by atoms with Gasteiger partial charge in [-0.2, -0.15) is 114 Å². The van der Waals surface area contributed by atoms with Crippen LogP contribution in [0, 0.1) is 11.8 Å². The fraction of sp³-hybridized carbons (Fsp3) is 0.931. The van der Waals surface area contributed by atoms with Crippen LogP contribution in [0.5, 0.6) is 0 Å². The number of rotatable bonds is 16. The van der Waals surface area contributed by atoms with Gasteiger partial charge in [-0.25, -0.2) is 9.59 Å². The molecule has 2 N–H and O–H groups in total. The number of nitrogens with zero attached hydrogens (tertiary/aromatic N) is 2. The van der Waals surface area contributed by atoms with Gasteiger partial charge in [-0.15, -0.1) is 0 Å². The summed E-state index contributed by atoms with van der Waals surface area (Å²) >= 11 is 0. The summed E-state index contributed by atoms with van der Waals surface area (Å²) in [4.78, 5) is 21.9. The minimum atomic E-state index is -8.23. The van der Waals surface area contributed by atoms with Crippen molar-refractivity contribution in [2.24, 2.45) is 11.8 Å². The van der Waals surface area contributed by atoms with E-state index in [4.69, 9.17) is 0 Å². The van der Waals surface area contributed by atoms with Gasteiger partial charge in [0, 0.05) is 12.1 Å². The monoisotopic (exact) mass is 962 g/mol. The Morgan fingerprint density at radius 1 is 0.361 bits per heavy atom. The van der Waals surface area contributed by atoms with Crippen molar-refractivity contribution in [2.45, 2.75) is 141 Å². The van der Waals surface area contributed by atoms with E-state index in [2.05, 4.69) is 0 Å². The number of hydrogen-bond donors (Lipinski definition) is 2. The maximum absolute atomic E-state index is 14.5. The Hall–Kier alpha value is -3.28. The van der Waals surface area contributed by atoms with Crippen LogP contribution in [-0.2, 0) is 0 Å². The lowest BCUT2D eigenvalue weighted by atomic mass is 9.75. The third kappa shape index (κ3) is 9.09. The Bertz CT molecular complexity index is 1440. The normalized spacial score (nSPS) is 22.9. The van der Waals surface area contributed by atoms with Crippen LogP contribution in [0.15, 0.2) is 0 Å². The molecule has 360 valence electrons. The highest BCUT2D eigenvalue weighted by atomic mass is 19.4. The zero-order valence-electron chi connectivity index (χ0n) is 29.5. The second-order valence-electron chi connectivity index (χ2n) is 14.4. The van der Waals surface area contributed by atoms with Crippen molar-refractivity contribution in [1.82, 2.24) is 9.80 Å². The van der Waals surface area contributed by atoms with Gasteiger partial charge < -0.3 is 10.2 Å². The lowest BCUT2D eigenvalue weighted by Gasteiger charge is -2.43. The first-order valence-corrected chi connectivity index (χ1v) is 16.7. The molecule has 61 heavy (non-hydrogen) atoms. The molecular weight excluding hydrogens is 934 g/mol. The molecular formula is C29H28F26N2O4. The maximum Gasteiger partial charge on any atom is 0.460 e. The van der Waals surface area contributed by atoms with E-state index in [1.807, 2.05) is 0 Å². The molecule has 0 bridgehead atoms. The molecule has 2 aliphatic carbocycles. The van der Waals surface area contributed by atoms with Crippen LogP contribution in [0.4, 0.5) is 124 Å². The fourth-order valence-corrected chi connectivity index (χ4v) is 6.79. The second-order valence-corrected chi connectivity index (χ2v) is 14.4. The Morgan fingerprint density at radius 2 is 0.574 bits per heavy atom. The number of amides is 2. The molecule has 0 unspecified atom stereocenters. The summed E-state index contributed by atoms with van der Waals surface area (Å²) < 4.78 is 351. The molecule has 0 heterocycles. The predicted octanol–water partition coefficient (Wildman–Crippen LogP) is 11.9. The molecule has 2 saturated carbocycles. The highest BCUT2D eigenvalue weighted by molar-refractivity contribution is 5.66. The van der Waals surface area contributed by atoms with Crippen molar-refractivity contribution in [2.75, 3.05) is 13.1 Å². The zero-order valence-corrected chi connectivity index (χ0v) is 29.5. The van der Waals surface area contributed by atoms with E-state index in [0.29, 0.717) is 0 Å². The molecule has 0 radical (unpaired) electrons. The predicted molar refractivity (Wildman–Crippen MR) is 147 cm³/mol. The number of alkyl halides is 26. The van der Waals surface area contributed by atoms with Crippen LogP contribution in [0.1, 0.15) is 57.8 Å². The number of carboxylic acid groups (broad SMARTS) is 2. The number of hydrogen-bond acceptors (Lipinski definition) is 2. The molecule has 0 aliphatic heterocycles. The first-order valence-electron chi connectivity index (χ1n) is 16.7. The molecule has 0 aromatic rings. The average molecular weight is 963 g/mol. The molecule has 0 saturated heterocycles. The Morgan fingerprint density at radius 3 is 0.770 bits per heavy atom. The third-order valence-electron chi connectivity index (χ3n) is 10.4. The van der Waals surface area contributed by atoms with Crippen LogP contribution in [0.3, 0.4) is 0 Å². The third-order valence-corrected chi connectivity index (χ3v) is 10.4. The molecule has 2 aliphatic rings. The molecule has 32 heteroatoms. The summed E-state index contributed by atoms with van der Waals surface area (Å²) in [6.45, 7) is -6.30. The van der Waals surface area contributed by atoms with Crippen molar-refractivity contribution in [3.63, 3.8) is 0 Å². The summed E-state index contributed by atoms with van der Waals surface area (Å²) in [5, 5.41) is 18.6. The Balaban J connectivity index is 2.14. The molecule has 0 spiro atoms. The molecule has 0 aromatic carbocycles. The SMILES string of the molecule is O=C(O)N(CC(F)(F)C(F)(F)C(F)(F)C(F)(F)C(F)(F)C(F)(F)F)C1CCC(CC2CCC(N(CC(F)(F)C(F)(F)C(F)(F)C(F)(F)C(F)(F)C(F)(F)F)C(=O)O)CC2)CC1. The summed E-state index contributed by atoms with van der Waals surface area (Å²) in [7, 11) is 0. The zero-order chi connectivity index (χ0) is 48.4. The van der Waals surface area contributed by atoms with E-state index >= 15 is 0 Å². The van der Waals surface area contributed by atoms with Gasteiger partial charge in [0.15, 0.2) is 0 Å². The van der Waals surface area contributed by atoms with E-state index in [0.717, 1.165) is 0 Å². The standard InChI is InChI=1S/C29H28F26N2O4/c30-18(31,20(34,35)22(38,39)24(42,43)26(46,47)28(50,51)52)10-56(16(58)59)14-5-1-12(2-6-14)9-13-3-7-15(8-4-13)57(17(60)61)11-19(32,33)21(36,37)23(40,41)25(44,45)27(48,49)29(53,54)55/h12-15H,1-11H2,(H,58,59)(H,60,61). The van der Waals surface area contributed by atoms with Gasteiger partial charge in [-0.05, 0) is 69.6 Å². The summed E-state index contributed by atoms with van der Waals surface area (Å²) in [6, 6.07) is -3.71. The topological polar surface area (TPSA) is 81.1 Å². The summed E-state index contributed by atoms with van der Waals surface area (Å²) in [5.41, 5.74) is 0. The van der Waals surface area contributed by atoms with Gasteiger partial charge in [-0.3, -0.25) is 9.80 Å². The molecule has 0 atom stereocenters. The smallest absolute Gasteiger partial charge is 0.460 e. The van der Waals surface area contributed by atoms with E-state index in [1.54, 1.807) is 0 Å². The second kappa shape index (κ2) is 16.4. The van der Waals surface area contributed by atoms with Crippen molar-refractivity contribution < 1.29 is 134 Å². The van der Waals surface area contributed by atoms with E-state index in [-0.39, 0.29) is 32.1 Å². The van der Waals surface area contributed by atoms with Crippen LogP contribution < -0.4 is 0 Å². The van der Waals surface area contributed by atoms with E-state index in [9.17, 15) is 134 Å². The van der Waals surface area contributed by atoms with Crippen LogP contribution in [0.2, 0.25) is 0 Å². The fourth-order valence-electron chi connectivity index (χ4n) is 6.79. The number of halogens is 26. The first-order chi connectivity index (χ1) is 26.7. The van der Waals surface area contributed by atoms with Crippen molar-refractivity contribution in [1.29, 1.82) is 0 Å². The van der Waals surface area contributed by atoms with Crippen LogP contribution in [0.25, 0.3) is 0 Å². The van der Waals surface area contributed by atoms with E-state index < -0.39 is 156 Å². The molecule has 2 amide bonds. The van der Waals surface area contributed by atoms with Crippen molar-refractivity contribution in [3.8, 4) is 0 Å². The van der Waals surface area contributed by atoms with Gasteiger partial charge in [0.2, 0.25) is 0 Å². The summed E-state index contributed by atoms with van der Waals surface area (Å²) in [6.07, 6.45) is -24.4. The first kappa shape index (κ1) is 53.9. The van der Waals surface area contributed by atoms with Gasteiger partial charge >= 0.3 is 83.8 Å². The lowest BCUT2D eigenvalue weighted by Crippen LogP contribution is -2.71. The minimum absolute atomic E-state index is 0.0501. The van der Waals surface area contributed by atoms with E-state index in [1.165, 1.54) is 0 Å². The largest absolute Gasteiger partial charge is 0.465 e. The quantitative estimate of drug-likeness (QED) is 0.151. The highest BCUT2D eigenvalue weighted by Crippen LogP contribution is 2.62. The average Bonchev–Trinajstić information content (AvgIpc) is 3.08. The Labute approximate surface area is 323 Å². The van der Waals surface area contributed by atoms with Crippen LogP contribution >= 0.6 is 0 Å². The van der Waals surface area contributed by atoms with Crippen LogP contribution in [-0.4, -0.2) is 129 Å². The summed E-state index contributed by atoms with van der Waals surface area (Å²) in [5.74, 6) is -79.2. The Kier molecular flexibility index (Phi) is 14.5.